The van der Waals surface area contributed by atoms with Crippen molar-refractivity contribution in [1.29, 1.82) is 0 Å². The lowest BCUT2D eigenvalue weighted by Gasteiger charge is -2.37. The summed E-state index contributed by atoms with van der Waals surface area (Å²) in [5, 5.41) is 0. The fourth-order valence-electron chi connectivity index (χ4n) is 4.72. The number of ether oxygens (including phenoxy) is 1. The molecule has 0 aliphatic carbocycles. The van der Waals surface area contributed by atoms with E-state index >= 15 is 0 Å². The molecule has 8 nitrogen and oxygen atoms in total. The van der Waals surface area contributed by atoms with E-state index in [2.05, 4.69) is 23.4 Å². The van der Waals surface area contributed by atoms with Crippen LogP contribution in [0.15, 0.2) is 71.9 Å². The molecule has 5 rings (SSSR count). The molecule has 4 heterocycles. The Morgan fingerprint density at radius 2 is 1.92 bits per heavy atom. The topological polar surface area (TPSA) is 83.1 Å². The lowest BCUT2D eigenvalue weighted by Crippen LogP contribution is -2.47. The van der Waals surface area contributed by atoms with Crippen LogP contribution in [0.4, 0.5) is 11.5 Å². The number of sulfonamides is 1. The number of benzene rings is 1. The number of carbonyl (C=O) groups is 1. The van der Waals surface area contributed by atoms with Gasteiger partial charge in [-0.05, 0) is 30.7 Å². The zero-order valence-electron chi connectivity index (χ0n) is 21.0. The summed E-state index contributed by atoms with van der Waals surface area (Å²) in [6, 6.07) is 15.5. The molecule has 3 aromatic rings. The van der Waals surface area contributed by atoms with Gasteiger partial charge in [0.2, 0.25) is 10.0 Å². The van der Waals surface area contributed by atoms with Gasteiger partial charge in [-0.15, -0.1) is 11.3 Å². The number of ketones is 1. The van der Waals surface area contributed by atoms with Crippen molar-refractivity contribution in [3.8, 4) is 10.4 Å². The number of hydrogen-bond acceptors (Lipinski definition) is 8. The Hall–Kier alpha value is -3.05. The van der Waals surface area contributed by atoms with Crippen LogP contribution in [-0.4, -0.2) is 68.9 Å². The lowest BCUT2D eigenvalue weighted by molar-refractivity contribution is 0.0985. The van der Waals surface area contributed by atoms with Crippen LogP contribution in [0.1, 0.15) is 23.5 Å². The van der Waals surface area contributed by atoms with Crippen molar-refractivity contribution >= 4 is 38.6 Å². The highest BCUT2D eigenvalue weighted by Gasteiger charge is 2.33. The molecule has 0 unspecified atom stereocenters. The normalized spacial score (nSPS) is 19.3. The van der Waals surface area contributed by atoms with Gasteiger partial charge in [0, 0.05) is 43.3 Å². The molecule has 0 N–H and O–H groups in total. The fourth-order valence-corrected chi connectivity index (χ4v) is 7.15. The first-order chi connectivity index (χ1) is 17.8. The molecular weight excluding hydrogens is 508 g/mol. The number of piperazine rings is 1. The molecule has 2 aromatic heterocycles. The molecule has 1 atom stereocenters. The standard InChI is InChI=1S/C27H30N4O4S2/c1-19-17-29(37(33,34)23-9-10-26(28-16-23)31-13-14-35-18-20(31)2)11-12-30(19)24-15-25(36-27(24)21(3)32)22-7-5-4-6-8-22/h4-10,15-16,20H,1,11-14,17-18H2,2-3H3/t20-/m1/s1. The second kappa shape index (κ2) is 10.4. The van der Waals surface area contributed by atoms with Crippen molar-refractivity contribution in [2.24, 2.45) is 0 Å². The molecule has 194 valence electrons. The lowest BCUT2D eigenvalue weighted by atomic mass is 10.1. The molecule has 0 spiro atoms. The maximum atomic E-state index is 13.4. The number of thiophene rings is 1. The minimum Gasteiger partial charge on any atom is -0.377 e. The highest BCUT2D eigenvalue weighted by atomic mass is 32.2. The van der Waals surface area contributed by atoms with E-state index in [4.69, 9.17) is 4.74 Å². The summed E-state index contributed by atoms with van der Waals surface area (Å²) in [5.74, 6) is 0.721. The molecular formula is C27H30N4O4S2. The van der Waals surface area contributed by atoms with Crippen molar-refractivity contribution in [2.75, 3.05) is 49.2 Å². The Morgan fingerprint density at radius 1 is 1.14 bits per heavy atom. The molecule has 0 bridgehead atoms. The SMILES string of the molecule is C=C1CN(S(=O)(=O)c2ccc(N3CCOC[C@H]3C)nc2)CCN1c1cc(-c2ccccc2)sc1C(C)=O. The summed E-state index contributed by atoms with van der Waals surface area (Å²) < 4.78 is 33.8. The average Bonchev–Trinajstić information content (AvgIpc) is 3.35. The Labute approximate surface area is 221 Å². The number of nitrogens with zero attached hydrogens (tertiary/aromatic N) is 4. The van der Waals surface area contributed by atoms with Crippen LogP contribution in [0.2, 0.25) is 0 Å². The molecule has 1 aromatic carbocycles. The third kappa shape index (κ3) is 5.06. The molecule has 37 heavy (non-hydrogen) atoms. The first-order valence-corrected chi connectivity index (χ1v) is 14.5. The van der Waals surface area contributed by atoms with Crippen molar-refractivity contribution in [2.45, 2.75) is 24.8 Å². The van der Waals surface area contributed by atoms with Crippen LogP contribution in [0.5, 0.6) is 0 Å². The van der Waals surface area contributed by atoms with E-state index in [0.717, 1.165) is 28.5 Å². The van der Waals surface area contributed by atoms with Gasteiger partial charge < -0.3 is 14.5 Å². The Bertz CT molecular complexity index is 1400. The average molecular weight is 539 g/mol. The molecule has 2 aliphatic rings. The molecule has 2 fully saturated rings. The summed E-state index contributed by atoms with van der Waals surface area (Å²) in [7, 11) is -3.75. The number of carbonyl (C=O) groups excluding carboxylic acids is 1. The minimum atomic E-state index is -3.75. The summed E-state index contributed by atoms with van der Waals surface area (Å²) in [5.41, 5.74) is 2.45. The predicted molar refractivity (Wildman–Crippen MR) is 147 cm³/mol. The molecule has 10 heteroatoms. The second-order valence-corrected chi connectivity index (χ2v) is 12.3. The summed E-state index contributed by atoms with van der Waals surface area (Å²) >= 11 is 1.45. The fraction of sp³-hybridized carbons (Fsp3) is 0.333. The first kappa shape index (κ1) is 25.6. The number of hydrogen-bond donors (Lipinski definition) is 0. The number of aromatic nitrogens is 1. The predicted octanol–water partition coefficient (Wildman–Crippen LogP) is 4.26. The highest BCUT2D eigenvalue weighted by molar-refractivity contribution is 7.89. The van der Waals surface area contributed by atoms with E-state index < -0.39 is 10.0 Å². The van der Waals surface area contributed by atoms with Crippen LogP contribution in [0.3, 0.4) is 0 Å². The zero-order valence-corrected chi connectivity index (χ0v) is 22.6. The Balaban J connectivity index is 1.34. The van der Waals surface area contributed by atoms with E-state index in [-0.39, 0.29) is 29.8 Å². The number of anilines is 2. The summed E-state index contributed by atoms with van der Waals surface area (Å²) in [6.07, 6.45) is 1.43. The van der Waals surface area contributed by atoms with Crippen LogP contribution in [-0.2, 0) is 14.8 Å². The van der Waals surface area contributed by atoms with E-state index in [1.807, 2.05) is 41.3 Å². The minimum absolute atomic E-state index is 0.0224. The highest BCUT2D eigenvalue weighted by Crippen LogP contribution is 2.39. The molecule has 2 aliphatic heterocycles. The van der Waals surface area contributed by atoms with Gasteiger partial charge in [0.05, 0.1) is 36.4 Å². The van der Waals surface area contributed by atoms with E-state index in [1.54, 1.807) is 19.1 Å². The van der Waals surface area contributed by atoms with E-state index in [1.165, 1.54) is 21.8 Å². The quantitative estimate of drug-likeness (QED) is 0.434. The Kier molecular flexibility index (Phi) is 7.17. The van der Waals surface area contributed by atoms with Crippen molar-refractivity contribution in [3.63, 3.8) is 0 Å². The third-order valence-corrected chi connectivity index (χ3v) is 9.82. The van der Waals surface area contributed by atoms with E-state index in [0.29, 0.717) is 30.3 Å². The maximum Gasteiger partial charge on any atom is 0.245 e. The Morgan fingerprint density at radius 3 is 2.57 bits per heavy atom. The molecule has 0 radical (unpaired) electrons. The zero-order chi connectivity index (χ0) is 26.2. The molecule has 0 amide bonds. The van der Waals surface area contributed by atoms with Gasteiger partial charge in [-0.2, -0.15) is 4.31 Å². The van der Waals surface area contributed by atoms with Gasteiger partial charge in [-0.3, -0.25) is 4.79 Å². The summed E-state index contributed by atoms with van der Waals surface area (Å²) in [6.45, 7) is 10.6. The first-order valence-electron chi connectivity index (χ1n) is 12.2. The van der Waals surface area contributed by atoms with Gasteiger partial charge in [-0.1, -0.05) is 36.9 Å². The van der Waals surface area contributed by atoms with Crippen molar-refractivity contribution < 1.29 is 17.9 Å². The molecule has 0 saturated carbocycles. The van der Waals surface area contributed by atoms with Crippen molar-refractivity contribution in [3.05, 3.63) is 71.9 Å². The smallest absolute Gasteiger partial charge is 0.245 e. The van der Waals surface area contributed by atoms with Crippen molar-refractivity contribution in [1.82, 2.24) is 9.29 Å². The van der Waals surface area contributed by atoms with Crippen LogP contribution >= 0.6 is 11.3 Å². The second-order valence-electron chi connectivity index (χ2n) is 9.27. The maximum absolute atomic E-state index is 13.4. The van der Waals surface area contributed by atoms with Gasteiger partial charge in [0.25, 0.3) is 0 Å². The van der Waals surface area contributed by atoms with Gasteiger partial charge in [0.1, 0.15) is 10.7 Å². The van der Waals surface area contributed by atoms with Gasteiger partial charge >= 0.3 is 0 Å². The third-order valence-electron chi connectivity index (χ3n) is 6.72. The molecule has 2 saturated heterocycles. The number of morpholine rings is 1. The van der Waals surface area contributed by atoms with E-state index in [9.17, 15) is 13.2 Å². The summed E-state index contributed by atoms with van der Waals surface area (Å²) in [4.78, 5) is 22.8. The van der Waals surface area contributed by atoms with Crippen LogP contribution in [0.25, 0.3) is 10.4 Å². The number of pyridine rings is 1. The van der Waals surface area contributed by atoms with Crippen LogP contribution < -0.4 is 9.80 Å². The van der Waals surface area contributed by atoms with Crippen LogP contribution in [0, 0.1) is 0 Å². The largest absolute Gasteiger partial charge is 0.377 e. The van der Waals surface area contributed by atoms with Gasteiger partial charge in [0.15, 0.2) is 5.78 Å². The van der Waals surface area contributed by atoms with Gasteiger partial charge in [-0.25, -0.2) is 13.4 Å². The number of Topliss-reactive ketones (excluding diaryl/α,β-unsaturated/α-hetero) is 1. The monoisotopic (exact) mass is 538 g/mol. The number of rotatable bonds is 6.